The summed E-state index contributed by atoms with van der Waals surface area (Å²) in [5, 5.41) is 10.7. The van der Waals surface area contributed by atoms with Gasteiger partial charge in [-0.2, -0.15) is 4.99 Å². The normalized spacial score (nSPS) is 11.3. The van der Waals surface area contributed by atoms with E-state index in [2.05, 4.69) is 4.99 Å². The third-order valence-electron chi connectivity index (χ3n) is 3.93. The average Bonchev–Trinajstić information content (AvgIpc) is 2.65. The van der Waals surface area contributed by atoms with E-state index >= 15 is 0 Å². The van der Waals surface area contributed by atoms with Crippen molar-refractivity contribution >= 4 is 11.6 Å². The molecule has 1 aromatic heterocycles. The number of nitrogens with zero attached hydrogens (tertiary/aromatic N) is 3. The number of pyridine rings is 1. The minimum atomic E-state index is -0.502. The molecule has 0 bridgehead atoms. The lowest BCUT2D eigenvalue weighted by atomic mass is 10.1. The maximum absolute atomic E-state index is 12.4. The van der Waals surface area contributed by atoms with Crippen LogP contribution in [0, 0.1) is 17.0 Å². The Morgan fingerprint density at radius 1 is 1.04 bits per heavy atom. The minimum Gasteiger partial charge on any atom is -0.328 e. The van der Waals surface area contributed by atoms with Crippen molar-refractivity contribution in [1.29, 1.82) is 0 Å². The van der Waals surface area contributed by atoms with Crippen LogP contribution in [-0.4, -0.2) is 15.4 Å². The van der Waals surface area contributed by atoms with Gasteiger partial charge in [0.25, 0.3) is 11.6 Å². The van der Waals surface area contributed by atoms with Crippen LogP contribution in [0.2, 0.25) is 0 Å². The minimum absolute atomic E-state index is 0.0595. The molecule has 1 heterocycles. The quantitative estimate of drug-likeness (QED) is 0.535. The van der Waals surface area contributed by atoms with Crippen molar-refractivity contribution in [2.75, 3.05) is 0 Å². The van der Waals surface area contributed by atoms with Crippen LogP contribution in [0.1, 0.15) is 21.5 Å². The number of aryl methyl sites for hydroxylation is 1. The van der Waals surface area contributed by atoms with Crippen LogP contribution in [0.3, 0.4) is 0 Å². The van der Waals surface area contributed by atoms with Crippen LogP contribution in [0.15, 0.2) is 77.9 Å². The van der Waals surface area contributed by atoms with Crippen LogP contribution in [0.25, 0.3) is 0 Å². The maximum Gasteiger partial charge on any atom is 0.278 e. The molecule has 6 nitrogen and oxygen atoms in total. The number of nitro groups is 1. The summed E-state index contributed by atoms with van der Waals surface area (Å²) in [6, 6.07) is 19.0. The monoisotopic (exact) mass is 347 g/mol. The van der Waals surface area contributed by atoms with Gasteiger partial charge in [-0.3, -0.25) is 14.9 Å². The molecule has 6 heteroatoms. The maximum atomic E-state index is 12.4. The molecule has 0 unspecified atom stereocenters. The molecule has 0 saturated heterocycles. The molecule has 3 aromatic rings. The third-order valence-corrected chi connectivity index (χ3v) is 3.93. The van der Waals surface area contributed by atoms with Crippen molar-refractivity contribution in [3.05, 3.63) is 105 Å². The predicted molar refractivity (Wildman–Crippen MR) is 97.7 cm³/mol. The van der Waals surface area contributed by atoms with Gasteiger partial charge in [0.2, 0.25) is 0 Å². The van der Waals surface area contributed by atoms with E-state index in [1.807, 2.05) is 54.1 Å². The second-order valence-corrected chi connectivity index (χ2v) is 5.89. The lowest BCUT2D eigenvalue weighted by Crippen LogP contribution is -2.22. The van der Waals surface area contributed by atoms with E-state index in [1.165, 1.54) is 29.8 Å². The number of nitro benzene ring substituents is 1. The summed E-state index contributed by atoms with van der Waals surface area (Å²) >= 11 is 0. The number of hydrogen-bond acceptors (Lipinski definition) is 3. The molecule has 0 saturated carbocycles. The largest absolute Gasteiger partial charge is 0.328 e. The molecule has 3 rings (SSSR count). The second-order valence-electron chi connectivity index (χ2n) is 5.89. The van der Waals surface area contributed by atoms with Crippen LogP contribution in [0.5, 0.6) is 0 Å². The molecular weight excluding hydrogens is 330 g/mol. The fraction of sp³-hybridized carbons (Fsp3) is 0.100. The highest BCUT2D eigenvalue weighted by Crippen LogP contribution is 2.12. The van der Waals surface area contributed by atoms with Gasteiger partial charge >= 0.3 is 0 Å². The molecule has 2 aromatic carbocycles. The van der Waals surface area contributed by atoms with Crippen molar-refractivity contribution < 1.29 is 9.72 Å². The number of aromatic nitrogens is 1. The Labute approximate surface area is 150 Å². The molecule has 0 atom stereocenters. The van der Waals surface area contributed by atoms with Crippen molar-refractivity contribution in [2.45, 2.75) is 13.5 Å². The molecular formula is C20H17N3O3. The number of amides is 1. The second kappa shape index (κ2) is 7.57. The molecule has 1 amide bonds. The molecule has 130 valence electrons. The fourth-order valence-electron chi connectivity index (χ4n) is 2.49. The van der Waals surface area contributed by atoms with Gasteiger partial charge in [0, 0.05) is 30.4 Å². The zero-order valence-electron chi connectivity index (χ0n) is 14.2. The van der Waals surface area contributed by atoms with E-state index in [-0.39, 0.29) is 5.69 Å². The first-order chi connectivity index (χ1) is 12.5. The van der Waals surface area contributed by atoms with Crippen LogP contribution < -0.4 is 5.49 Å². The molecule has 0 spiro atoms. The van der Waals surface area contributed by atoms with Gasteiger partial charge in [-0.1, -0.05) is 35.9 Å². The summed E-state index contributed by atoms with van der Waals surface area (Å²) in [6.07, 6.45) is 1.86. The summed E-state index contributed by atoms with van der Waals surface area (Å²) in [7, 11) is 0. The van der Waals surface area contributed by atoms with Gasteiger partial charge in [-0.05, 0) is 36.8 Å². The number of benzene rings is 2. The van der Waals surface area contributed by atoms with Crippen molar-refractivity contribution in [2.24, 2.45) is 4.99 Å². The average molecular weight is 347 g/mol. The van der Waals surface area contributed by atoms with Gasteiger partial charge in [0.05, 0.1) is 4.92 Å². The number of hydrogen-bond donors (Lipinski definition) is 0. The first-order valence-electron chi connectivity index (χ1n) is 8.07. The lowest BCUT2D eigenvalue weighted by Gasteiger charge is -2.08. The first kappa shape index (κ1) is 17.3. The third kappa shape index (κ3) is 4.10. The van der Waals surface area contributed by atoms with Crippen LogP contribution in [-0.2, 0) is 6.54 Å². The van der Waals surface area contributed by atoms with Crippen molar-refractivity contribution in [1.82, 2.24) is 4.57 Å². The highest BCUT2D eigenvalue weighted by molar-refractivity contribution is 5.95. The Morgan fingerprint density at radius 2 is 1.73 bits per heavy atom. The topological polar surface area (TPSA) is 77.5 Å². The highest BCUT2D eigenvalue weighted by Gasteiger charge is 2.08. The lowest BCUT2D eigenvalue weighted by molar-refractivity contribution is -0.384. The van der Waals surface area contributed by atoms with Crippen LogP contribution in [0.4, 0.5) is 5.69 Å². The molecule has 0 aliphatic rings. The first-order valence-corrected chi connectivity index (χ1v) is 8.07. The Balaban J connectivity index is 1.89. The van der Waals surface area contributed by atoms with Crippen LogP contribution >= 0.6 is 0 Å². The Bertz CT molecular complexity index is 1000. The van der Waals surface area contributed by atoms with E-state index in [9.17, 15) is 14.9 Å². The van der Waals surface area contributed by atoms with E-state index in [1.54, 1.807) is 6.07 Å². The van der Waals surface area contributed by atoms with Crippen molar-refractivity contribution in [3.8, 4) is 0 Å². The highest BCUT2D eigenvalue weighted by atomic mass is 16.6. The molecule has 0 N–H and O–H groups in total. The number of non-ortho nitro benzene ring substituents is 1. The number of carbonyl (C=O) groups excluding carboxylic acids is 1. The summed E-state index contributed by atoms with van der Waals surface area (Å²) in [6.45, 7) is 2.62. The van der Waals surface area contributed by atoms with E-state index < -0.39 is 10.8 Å². The Morgan fingerprint density at radius 3 is 2.38 bits per heavy atom. The molecule has 26 heavy (non-hydrogen) atoms. The molecule has 0 aliphatic heterocycles. The molecule has 0 fully saturated rings. The smallest absolute Gasteiger partial charge is 0.278 e. The molecule has 0 radical (unpaired) electrons. The SMILES string of the molecule is Cc1ccc(Cn2ccccc2=NC(=O)c2ccc([N+](=O)[O-])cc2)cc1. The van der Waals surface area contributed by atoms with Gasteiger partial charge in [0.1, 0.15) is 5.49 Å². The Hall–Kier alpha value is -3.54. The standard InChI is InChI=1S/C20H17N3O3/c1-15-5-7-16(8-6-15)14-22-13-3-2-4-19(22)21-20(24)17-9-11-18(12-10-17)23(25)26/h2-13H,14H2,1H3. The summed E-state index contributed by atoms with van der Waals surface area (Å²) in [4.78, 5) is 26.8. The van der Waals surface area contributed by atoms with E-state index in [0.717, 1.165) is 5.56 Å². The fourth-order valence-corrected chi connectivity index (χ4v) is 2.49. The summed E-state index contributed by atoms with van der Waals surface area (Å²) < 4.78 is 1.88. The van der Waals surface area contributed by atoms with Gasteiger partial charge in [-0.15, -0.1) is 0 Å². The van der Waals surface area contributed by atoms with E-state index in [4.69, 9.17) is 0 Å². The van der Waals surface area contributed by atoms with Gasteiger partial charge < -0.3 is 4.57 Å². The number of carbonyl (C=O) groups is 1. The van der Waals surface area contributed by atoms with Gasteiger partial charge in [-0.25, -0.2) is 0 Å². The predicted octanol–water partition coefficient (Wildman–Crippen LogP) is 3.49. The van der Waals surface area contributed by atoms with Gasteiger partial charge in [0.15, 0.2) is 0 Å². The summed E-state index contributed by atoms with van der Waals surface area (Å²) in [5.74, 6) is -0.441. The molecule has 0 aliphatic carbocycles. The number of rotatable bonds is 4. The zero-order valence-corrected chi connectivity index (χ0v) is 14.2. The van der Waals surface area contributed by atoms with Crippen molar-refractivity contribution in [3.63, 3.8) is 0 Å². The zero-order chi connectivity index (χ0) is 18.5. The summed E-state index contributed by atoms with van der Waals surface area (Å²) in [5.41, 5.74) is 3.06. The van der Waals surface area contributed by atoms with E-state index in [0.29, 0.717) is 17.6 Å². The Kier molecular flexibility index (Phi) is 5.03.